The maximum absolute atomic E-state index is 6.32. The first kappa shape index (κ1) is 25.6. The van der Waals surface area contributed by atoms with Crippen molar-refractivity contribution in [1.82, 2.24) is 0 Å². The first-order chi connectivity index (χ1) is 22.3. The lowest BCUT2D eigenvalue weighted by Crippen LogP contribution is -2.00. The molecule has 1 heterocycles. The lowest BCUT2D eigenvalue weighted by atomic mass is 9.88. The topological polar surface area (TPSA) is 25.2 Å². The van der Waals surface area contributed by atoms with Gasteiger partial charge in [0.25, 0.3) is 0 Å². The molecular weight excluding hydrogens is 546 g/mol. The Morgan fingerprint density at radius 1 is 0.444 bits per heavy atom. The molecule has 212 valence electrons. The summed E-state index contributed by atoms with van der Waals surface area (Å²) in [6.45, 7) is 0. The Morgan fingerprint density at radius 2 is 1.11 bits per heavy atom. The summed E-state index contributed by atoms with van der Waals surface area (Å²) in [6, 6.07) is 58.5. The standard InChI is InChI=1S/C43H29NO/c1-3-12-28(13-4-1)38-26-32(27-39-41(30-14-5-2-6-15-30)35-17-7-8-18-36(35)42(38)39)44-31-24-22-29(23-25-31)33-19-11-20-37-34-16-9-10-21-40(34)45-43(33)37/h1-27,41,44H. The molecule has 1 aliphatic rings. The van der Waals surface area contributed by atoms with Crippen LogP contribution in [0.1, 0.15) is 22.6 Å². The van der Waals surface area contributed by atoms with E-state index in [0.29, 0.717) is 0 Å². The summed E-state index contributed by atoms with van der Waals surface area (Å²) in [6.07, 6.45) is 0. The van der Waals surface area contributed by atoms with Gasteiger partial charge in [-0.2, -0.15) is 0 Å². The molecule has 9 rings (SSSR count). The quantitative estimate of drug-likeness (QED) is 0.221. The maximum Gasteiger partial charge on any atom is 0.143 e. The molecule has 0 fully saturated rings. The van der Waals surface area contributed by atoms with Crippen molar-refractivity contribution >= 4 is 33.3 Å². The van der Waals surface area contributed by atoms with Crippen LogP contribution in [0.2, 0.25) is 0 Å². The van der Waals surface area contributed by atoms with Crippen molar-refractivity contribution in [3.63, 3.8) is 0 Å². The van der Waals surface area contributed by atoms with Gasteiger partial charge in [0.05, 0.1) is 0 Å². The van der Waals surface area contributed by atoms with E-state index in [-0.39, 0.29) is 5.92 Å². The molecule has 0 aliphatic heterocycles. The number of nitrogens with one attached hydrogen (secondary N) is 1. The highest BCUT2D eigenvalue weighted by atomic mass is 16.3. The van der Waals surface area contributed by atoms with Crippen LogP contribution in [0.25, 0.3) is 55.3 Å². The minimum absolute atomic E-state index is 0.174. The van der Waals surface area contributed by atoms with Crippen LogP contribution in [-0.4, -0.2) is 0 Å². The van der Waals surface area contributed by atoms with Gasteiger partial charge in [0, 0.05) is 33.6 Å². The Morgan fingerprint density at radius 3 is 1.96 bits per heavy atom. The maximum atomic E-state index is 6.32. The molecule has 0 bridgehead atoms. The summed E-state index contributed by atoms with van der Waals surface area (Å²) < 4.78 is 6.32. The SMILES string of the molecule is c1ccc(-c2cc(Nc3ccc(-c4cccc5c4oc4ccccc45)cc3)cc3c2-c2ccccc2C3c2ccccc2)cc1. The second-order valence-electron chi connectivity index (χ2n) is 11.8. The Balaban J connectivity index is 1.14. The average molecular weight is 576 g/mol. The van der Waals surface area contributed by atoms with Gasteiger partial charge in [0.1, 0.15) is 11.2 Å². The van der Waals surface area contributed by atoms with Crippen molar-refractivity contribution in [3.8, 4) is 33.4 Å². The molecule has 45 heavy (non-hydrogen) atoms. The number of para-hydroxylation sites is 2. The highest BCUT2D eigenvalue weighted by molar-refractivity contribution is 6.09. The predicted molar refractivity (Wildman–Crippen MR) is 187 cm³/mol. The van der Waals surface area contributed by atoms with Crippen LogP contribution in [-0.2, 0) is 0 Å². The van der Waals surface area contributed by atoms with Crippen molar-refractivity contribution in [2.45, 2.75) is 5.92 Å². The van der Waals surface area contributed by atoms with Gasteiger partial charge in [-0.05, 0) is 74.8 Å². The van der Waals surface area contributed by atoms with E-state index in [0.717, 1.165) is 44.4 Å². The second kappa shape index (κ2) is 10.4. The van der Waals surface area contributed by atoms with Crippen LogP contribution in [0.5, 0.6) is 0 Å². The predicted octanol–water partition coefficient (Wildman–Crippen LogP) is 11.8. The number of furan rings is 1. The van der Waals surface area contributed by atoms with E-state index < -0.39 is 0 Å². The van der Waals surface area contributed by atoms with Crippen molar-refractivity contribution in [3.05, 3.63) is 180 Å². The molecule has 0 saturated heterocycles. The van der Waals surface area contributed by atoms with Crippen molar-refractivity contribution in [2.24, 2.45) is 0 Å². The highest BCUT2D eigenvalue weighted by Crippen LogP contribution is 2.52. The largest absolute Gasteiger partial charge is 0.455 e. The van der Waals surface area contributed by atoms with E-state index in [9.17, 15) is 0 Å². The fraction of sp³-hybridized carbons (Fsp3) is 0.0233. The van der Waals surface area contributed by atoms with Crippen LogP contribution >= 0.6 is 0 Å². The van der Waals surface area contributed by atoms with Gasteiger partial charge in [0.2, 0.25) is 0 Å². The van der Waals surface area contributed by atoms with Crippen LogP contribution in [0, 0.1) is 0 Å². The Kier molecular flexibility index (Phi) is 5.92. The third-order valence-electron chi connectivity index (χ3n) is 9.13. The zero-order chi connectivity index (χ0) is 29.7. The highest BCUT2D eigenvalue weighted by Gasteiger charge is 2.32. The number of rotatable bonds is 5. The van der Waals surface area contributed by atoms with Gasteiger partial charge >= 0.3 is 0 Å². The molecule has 8 aromatic rings. The van der Waals surface area contributed by atoms with Gasteiger partial charge in [-0.15, -0.1) is 0 Å². The molecule has 0 spiro atoms. The van der Waals surface area contributed by atoms with E-state index in [2.05, 4.69) is 157 Å². The van der Waals surface area contributed by atoms with Gasteiger partial charge in [-0.25, -0.2) is 0 Å². The second-order valence-corrected chi connectivity index (χ2v) is 11.8. The molecule has 2 nitrogen and oxygen atoms in total. The van der Waals surface area contributed by atoms with Gasteiger partial charge < -0.3 is 9.73 Å². The van der Waals surface area contributed by atoms with Crippen LogP contribution < -0.4 is 5.32 Å². The van der Waals surface area contributed by atoms with Crippen LogP contribution in [0.15, 0.2) is 168 Å². The monoisotopic (exact) mass is 575 g/mol. The van der Waals surface area contributed by atoms with Crippen molar-refractivity contribution < 1.29 is 4.42 Å². The molecule has 1 unspecified atom stereocenters. The molecule has 0 amide bonds. The molecule has 1 atom stereocenters. The summed E-state index contributed by atoms with van der Waals surface area (Å²) in [5.74, 6) is 0.174. The normalized spacial score (nSPS) is 13.6. The van der Waals surface area contributed by atoms with Crippen LogP contribution in [0.4, 0.5) is 11.4 Å². The minimum atomic E-state index is 0.174. The summed E-state index contributed by atoms with van der Waals surface area (Å²) in [7, 11) is 0. The van der Waals surface area contributed by atoms with Crippen LogP contribution in [0.3, 0.4) is 0 Å². The smallest absolute Gasteiger partial charge is 0.143 e. The molecule has 1 N–H and O–H groups in total. The Hall–Kier alpha value is -5.86. The van der Waals surface area contributed by atoms with E-state index in [4.69, 9.17) is 4.42 Å². The fourth-order valence-electron chi connectivity index (χ4n) is 7.13. The van der Waals surface area contributed by atoms with Gasteiger partial charge in [-0.1, -0.05) is 133 Å². The summed E-state index contributed by atoms with van der Waals surface area (Å²) in [5, 5.41) is 6.05. The molecule has 1 aromatic heterocycles. The zero-order valence-electron chi connectivity index (χ0n) is 24.6. The van der Waals surface area contributed by atoms with Gasteiger partial charge in [-0.3, -0.25) is 0 Å². The van der Waals surface area contributed by atoms with E-state index in [1.54, 1.807) is 0 Å². The third kappa shape index (κ3) is 4.26. The summed E-state index contributed by atoms with van der Waals surface area (Å²) in [4.78, 5) is 0. The lowest BCUT2D eigenvalue weighted by Gasteiger charge is -2.18. The summed E-state index contributed by atoms with van der Waals surface area (Å²) >= 11 is 0. The Labute approximate surface area is 262 Å². The average Bonchev–Trinajstić information content (AvgIpc) is 3.65. The number of anilines is 2. The Bertz CT molecular complexity index is 2330. The number of hydrogen-bond acceptors (Lipinski definition) is 2. The molecular formula is C43H29NO. The number of fused-ring (bicyclic) bond motifs is 6. The number of hydrogen-bond donors (Lipinski definition) is 1. The fourth-order valence-corrected chi connectivity index (χ4v) is 7.13. The third-order valence-corrected chi connectivity index (χ3v) is 9.13. The first-order valence-corrected chi connectivity index (χ1v) is 15.5. The molecule has 0 saturated carbocycles. The summed E-state index contributed by atoms with van der Waals surface area (Å²) in [5.41, 5.74) is 15.3. The lowest BCUT2D eigenvalue weighted by molar-refractivity contribution is 0.670. The van der Waals surface area contributed by atoms with Gasteiger partial charge in [0.15, 0.2) is 0 Å². The van der Waals surface area contributed by atoms with E-state index >= 15 is 0 Å². The number of benzene rings is 7. The van der Waals surface area contributed by atoms with Crippen molar-refractivity contribution in [2.75, 3.05) is 5.32 Å². The zero-order valence-corrected chi connectivity index (χ0v) is 24.6. The van der Waals surface area contributed by atoms with E-state index in [1.807, 2.05) is 12.1 Å². The van der Waals surface area contributed by atoms with E-state index in [1.165, 1.54) is 38.9 Å². The minimum Gasteiger partial charge on any atom is -0.455 e. The molecule has 1 aliphatic carbocycles. The molecule has 7 aromatic carbocycles. The molecule has 0 radical (unpaired) electrons. The van der Waals surface area contributed by atoms with Crippen molar-refractivity contribution in [1.29, 1.82) is 0 Å². The first-order valence-electron chi connectivity index (χ1n) is 15.5. The molecule has 2 heteroatoms.